The third-order valence-electron chi connectivity index (χ3n) is 3.95. The molecule has 1 aromatic heterocycles. The second-order valence-corrected chi connectivity index (χ2v) is 5.62. The number of halogens is 3. The number of H-pyrrole nitrogens is 1. The Kier molecular flexibility index (Phi) is 4.52. The summed E-state index contributed by atoms with van der Waals surface area (Å²) in [6, 6.07) is 5.34. The lowest BCUT2D eigenvalue weighted by Gasteiger charge is -2.34. The predicted octanol–water partition coefficient (Wildman–Crippen LogP) is 1.78. The molecular weight excluding hydrogens is 323 g/mol. The molecule has 1 aromatic carbocycles. The van der Waals surface area contributed by atoms with Crippen molar-refractivity contribution in [2.24, 2.45) is 0 Å². The smallest absolute Gasteiger partial charge is 0.335 e. The van der Waals surface area contributed by atoms with Crippen molar-refractivity contribution in [3.05, 3.63) is 47.3 Å². The first-order valence-corrected chi connectivity index (χ1v) is 7.47. The highest BCUT2D eigenvalue weighted by atomic mass is 19.4. The molecule has 1 aliphatic heterocycles. The molecule has 2 aromatic rings. The second kappa shape index (κ2) is 6.60. The molecule has 1 aliphatic rings. The van der Waals surface area contributed by atoms with Crippen LogP contribution in [0.3, 0.4) is 0 Å². The third kappa shape index (κ3) is 3.73. The highest BCUT2D eigenvalue weighted by Gasteiger charge is 2.30. The Morgan fingerprint density at radius 3 is 2.58 bits per heavy atom. The normalized spacial score (nSPS) is 16.4. The van der Waals surface area contributed by atoms with Gasteiger partial charge in [-0.1, -0.05) is 18.2 Å². The van der Waals surface area contributed by atoms with Crippen molar-refractivity contribution in [3.63, 3.8) is 0 Å². The number of nitrogens with zero attached hydrogens (tertiary/aromatic N) is 4. The molecule has 0 saturated carbocycles. The molecule has 0 aliphatic carbocycles. The van der Waals surface area contributed by atoms with Crippen LogP contribution in [0, 0.1) is 0 Å². The van der Waals surface area contributed by atoms with E-state index in [9.17, 15) is 18.0 Å². The molecule has 6 nitrogen and oxygen atoms in total. The fraction of sp³-hybridized carbons (Fsp3) is 0.400. The van der Waals surface area contributed by atoms with E-state index in [-0.39, 0.29) is 11.6 Å². The van der Waals surface area contributed by atoms with Crippen molar-refractivity contribution in [2.75, 3.05) is 26.2 Å². The van der Waals surface area contributed by atoms with Gasteiger partial charge in [0.15, 0.2) is 5.69 Å². The van der Waals surface area contributed by atoms with Crippen LogP contribution >= 0.6 is 0 Å². The van der Waals surface area contributed by atoms with Crippen molar-refractivity contribution in [1.82, 2.24) is 25.2 Å². The first kappa shape index (κ1) is 16.4. The van der Waals surface area contributed by atoms with E-state index in [1.54, 1.807) is 11.0 Å². The number of nitrogens with one attached hydrogen (secondary N) is 1. The van der Waals surface area contributed by atoms with Gasteiger partial charge in [-0.25, -0.2) is 0 Å². The summed E-state index contributed by atoms with van der Waals surface area (Å²) in [4.78, 5) is 15.8. The quantitative estimate of drug-likeness (QED) is 0.926. The van der Waals surface area contributed by atoms with Crippen molar-refractivity contribution >= 4 is 5.91 Å². The lowest BCUT2D eigenvalue weighted by Crippen LogP contribution is -2.48. The SMILES string of the molecule is O=C(c1cn[nH]n1)N1CCN(Cc2cccc(C(F)(F)F)c2)CC1. The van der Waals surface area contributed by atoms with Crippen LogP contribution in [0.15, 0.2) is 30.5 Å². The number of rotatable bonds is 3. The average molecular weight is 339 g/mol. The Hall–Kier alpha value is -2.42. The van der Waals surface area contributed by atoms with Gasteiger partial charge in [0.2, 0.25) is 0 Å². The molecule has 24 heavy (non-hydrogen) atoms. The van der Waals surface area contributed by atoms with Crippen molar-refractivity contribution in [3.8, 4) is 0 Å². The molecule has 0 bridgehead atoms. The monoisotopic (exact) mass is 339 g/mol. The highest BCUT2D eigenvalue weighted by molar-refractivity contribution is 5.91. The van der Waals surface area contributed by atoms with E-state index in [4.69, 9.17) is 0 Å². The Balaban J connectivity index is 1.57. The summed E-state index contributed by atoms with van der Waals surface area (Å²) >= 11 is 0. The number of alkyl halides is 3. The number of aromatic nitrogens is 3. The number of carbonyl (C=O) groups is 1. The lowest BCUT2D eigenvalue weighted by atomic mass is 10.1. The van der Waals surface area contributed by atoms with Gasteiger partial charge in [0.1, 0.15) is 0 Å². The van der Waals surface area contributed by atoms with Gasteiger partial charge in [0.25, 0.3) is 5.91 Å². The number of hydrogen-bond acceptors (Lipinski definition) is 4. The third-order valence-corrected chi connectivity index (χ3v) is 3.95. The Labute approximate surface area is 136 Å². The highest BCUT2D eigenvalue weighted by Crippen LogP contribution is 2.29. The summed E-state index contributed by atoms with van der Waals surface area (Å²) in [6.07, 6.45) is -2.96. The Morgan fingerprint density at radius 1 is 1.21 bits per heavy atom. The molecule has 0 spiro atoms. The fourth-order valence-corrected chi connectivity index (χ4v) is 2.68. The van der Waals surface area contributed by atoms with E-state index in [0.717, 1.165) is 6.07 Å². The van der Waals surface area contributed by atoms with E-state index in [1.165, 1.54) is 18.3 Å². The standard InChI is InChI=1S/C15H16F3N5O/c16-15(17,18)12-3-1-2-11(8-12)10-22-4-6-23(7-5-22)14(24)13-9-19-21-20-13/h1-3,8-9H,4-7,10H2,(H,19,20,21). The molecule has 2 heterocycles. The summed E-state index contributed by atoms with van der Waals surface area (Å²) < 4.78 is 38.2. The molecule has 0 unspecified atom stereocenters. The molecule has 1 saturated heterocycles. The van der Waals surface area contributed by atoms with Crippen molar-refractivity contribution < 1.29 is 18.0 Å². The maximum Gasteiger partial charge on any atom is 0.416 e. The van der Waals surface area contributed by atoms with Gasteiger partial charge in [0.05, 0.1) is 11.8 Å². The number of amides is 1. The largest absolute Gasteiger partial charge is 0.416 e. The van der Waals surface area contributed by atoms with E-state index >= 15 is 0 Å². The topological polar surface area (TPSA) is 65.1 Å². The van der Waals surface area contributed by atoms with Gasteiger partial charge in [-0.15, -0.1) is 0 Å². The van der Waals surface area contributed by atoms with Crippen LogP contribution in [0.2, 0.25) is 0 Å². The summed E-state index contributed by atoms with van der Waals surface area (Å²) in [5.74, 6) is -0.192. The summed E-state index contributed by atoms with van der Waals surface area (Å²) in [5, 5.41) is 9.77. The fourth-order valence-electron chi connectivity index (χ4n) is 2.68. The lowest BCUT2D eigenvalue weighted by molar-refractivity contribution is -0.137. The zero-order valence-electron chi connectivity index (χ0n) is 12.8. The van der Waals surface area contributed by atoms with Crippen LogP contribution in [0.25, 0.3) is 0 Å². The van der Waals surface area contributed by atoms with E-state index < -0.39 is 11.7 Å². The number of piperazine rings is 1. The summed E-state index contributed by atoms with van der Waals surface area (Å²) in [6.45, 7) is 2.63. The van der Waals surface area contributed by atoms with Crippen molar-refractivity contribution in [1.29, 1.82) is 0 Å². The van der Waals surface area contributed by atoms with Crippen LogP contribution in [-0.4, -0.2) is 57.3 Å². The molecular formula is C15H16F3N5O. The van der Waals surface area contributed by atoms with Crippen LogP contribution in [0.4, 0.5) is 13.2 Å². The van der Waals surface area contributed by atoms with Crippen LogP contribution in [-0.2, 0) is 12.7 Å². The van der Waals surface area contributed by atoms with Gasteiger partial charge in [0, 0.05) is 32.7 Å². The van der Waals surface area contributed by atoms with E-state index in [1.807, 2.05) is 4.90 Å². The molecule has 3 rings (SSSR count). The first-order valence-electron chi connectivity index (χ1n) is 7.47. The number of carbonyl (C=O) groups excluding carboxylic acids is 1. The number of hydrogen-bond donors (Lipinski definition) is 1. The summed E-state index contributed by atoms with van der Waals surface area (Å²) in [5.41, 5.74) is 0.238. The zero-order valence-corrected chi connectivity index (χ0v) is 12.8. The van der Waals surface area contributed by atoms with Crippen LogP contribution < -0.4 is 0 Å². The van der Waals surface area contributed by atoms with Gasteiger partial charge in [-0.2, -0.15) is 28.6 Å². The van der Waals surface area contributed by atoms with E-state index in [2.05, 4.69) is 15.4 Å². The first-order chi connectivity index (χ1) is 11.4. The van der Waals surface area contributed by atoms with E-state index in [0.29, 0.717) is 38.3 Å². The summed E-state index contributed by atoms with van der Waals surface area (Å²) in [7, 11) is 0. The van der Waals surface area contributed by atoms with Crippen molar-refractivity contribution in [2.45, 2.75) is 12.7 Å². The van der Waals surface area contributed by atoms with Gasteiger partial charge < -0.3 is 4.90 Å². The number of aromatic amines is 1. The van der Waals surface area contributed by atoms with Crippen LogP contribution in [0.1, 0.15) is 21.6 Å². The molecule has 1 N–H and O–H groups in total. The van der Waals surface area contributed by atoms with Gasteiger partial charge in [-0.05, 0) is 11.6 Å². The molecule has 0 atom stereocenters. The predicted molar refractivity (Wildman–Crippen MR) is 79.0 cm³/mol. The molecule has 9 heteroatoms. The molecule has 1 fully saturated rings. The number of benzene rings is 1. The minimum atomic E-state index is -4.33. The molecule has 128 valence electrons. The van der Waals surface area contributed by atoms with Gasteiger partial charge >= 0.3 is 6.18 Å². The van der Waals surface area contributed by atoms with Crippen LogP contribution in [0.5, 0.6) is 0 Å². The molecule has 0 radical (unpaired) electrons. The Bertz CT molecular complexity index is 693. The minimum absolute atomic E-state index is 0.192. The minimum Gasteiger partial charge on any atom is -0.335 e. The maximum atomic E-state index is 12.7. The molecule has 1 amide bonds. The van der Waals surface area contributed by atoms with Gasteiger partial charge in [-0.3, -0.25) is 9.69 Å². The Morgan fingerprint density at radius 2 is 1.96 bits per heavy atom. The zero-order chi connectivity index (χ0) is 17.2. The maximum absolute atomic E-state index is 12.7. The second-order valence-electron chi connectivity index (χ2n) is 5.62. The average Bonchev–Trinajstić information content (AvgIpc) is 3.09.